The van der Waals surface area contributed by atoms with Gasteiger partial charge in [0.05, 0.1) is 5.56 Å². The fourth-order valence-corrected chi connectivity index (χ4v) is 1.67. The van der Waals surface area contributed by atoms with Crippen LogP contribution in [0.3, 0.4) is 0 Å². The number of hydrogen-bond donors (Lipinski definition) is 0. The van der Waals surface area contributed by atoms with Crippen LogP contribution in [-0.4, -0.2) is 18.4 Å². The summed E-state index contributed by atoms with van der Waals surface area (Å²) < 4.78 is 10.4. The van der Waals surface area contributed by atoms with Crippen LogP contribution in [0.15, 0.2) is 67.3 Å². The lowest BCUT2D eigenvalue weighted by molar-refractivity contribution is -0.136. The van der Waals surface area contributed by atoms with Gasteiger partial charge in [0.2, 0.25) is 0 Å². The predicted octanol–water partition coefficient (Wildman–Crippen LogP) is 3.39. The highest BCUT2D eigenvalue weighted by atomic mass is 16.5. The Hall–Kier alpha value is -2.88. The summed E-state index contributed by atoms with van der Waals surface area (Å²) in [5.41, 5.74) is 0.162. The first-order chi connectivity index (χ1) is 10.2. The van der Waals surface area contributed by atoms with Crippen molar-refractivity contribution < 1.29 is 19.1 Å². The SMILES string of the molecule is C=CCOC(=O)C(=O)c1ccccc1Oc1ccccc1. The molecule has 0 spiro atoms. The maximum Gasteiger partial charge on any atom is 0.380 e. The zero-order valence-electron chi connectivity index (χ0n) is 11.3. The smallest absolute Gasteiger partial charge is 0.380 e. The van der Waals surface area contributed by atoms with Gasteiger partial charge in [-0.2, -0.15) is 0 Å². The molecule has 0 aliphatic heterocycles. The second kappa shape index (κ2) is 7.05. The Morgan fingerprint density at radius 3 is 2.38 bits per heavy atom. The van der Waals surface area contributed by atoms with E-state index in [1.807, 2.05) is 18.2 Å². The monoisotopic (exact) mass is 282 g/mol. The Bertz CT molecular complexity index is 647. The summed E-state index contributed by atoms with van der Waals surface area (Å²) in [4.78, 5) is 23.7. The maximum absolute atomic E-state index is 12.1. The summed E-state index contributed by atoms with van der Waals surface area (Å²) in [6, 6.07) is 15.5. The predicted molar refractivity (Wildman–Crippen MR) is 78.4 cm³/mol. The standard InChI is InChI=1S/C17H14O4/c1-2-12-20-17(19)16(18)14-10-6-7-11-15(14)21-13-8-4-3-5-9-13/h2-11H,1,12H2. The van der Waals surface area contributed by atoms with Crippen molar-refractivity contribution in [3.8, 4) is 11.5 Å². The first kappa shape index (κ1) is 14.5. The summed E-state index contributed by atoms with van der Waals surface area (Å²) in [7, 11) is 0. The largest absolute Gasteiger partial charge is 0.457 e. The molecule has 2 rings (SSSR count). The van der Waals surface area contributed by atoms with E-state index < -0.39 is 11.8 Å². The molecule has 0 radical (unpaired) electrons. The van der Waals surface area contributed by atoms with E-state index in [1.54, 1.807) is 30.3 Å². The molecule has 21 heavy (non-hydrogen) atoms. The van der Waals surface area contributed by atoms with E-state index in [2.05, 4.69) is 6.58 Å². The summed E-state index contributed by atoms with van der Waals surface area (Å²) in [6.07, 6.45) is 1.40. The van der Waals surface area contributed by atoms with Gasteiger partial charge in [-0.15, -0.1) is 0 Å². The molecule has 2 aromatic carbocycles. The molecule has 0 saturated carbocycles. The third-order valence-corrected chi connectivity index (χ3v) is 2.62. The minimum Gasteiger partial charge on any atom is -0.457 e. The lowest BCUT2D eigenvalue weighted by atomic mass is 10.1. The van der Waals surface area contributed by atoms with Crippen LogP contribution in [0, 0.1) is 0 Å². The number of rotatable bonds is 6. The number of para-hydroxylation sites is 2. The van der Waals surface area contributed by atoms with Crippen LogP contribution >= 0.6 is 0 Å². The van der Waals surface area contributed by atoms with Crippen molar-refractivity contribution in [2.24, 2.45) is 0 Å². The van der Waals surface area contributed by atoms with Crippen molar-refractivity contribution in [3.63, 3.8) is 0 Å². The average molecular weight is 282 g/mol. The van der Waals surface area contributed by atoms with Crippen LogP contribution in [0.4, 0.5) is 0 Å². The first-order valence-electron chi connectivity index (χ1n) is 6.36. The summed E-state index contributed by atoms with van der Waals surface area (Å²) in [5, 5.41) is 0. The van der Waals surface area contributed by atoms with Crippen LogP contribution in [0.1, 0.15) is 10.4 Å². The third-order valence-electron chi connectivity index (χ3n) is 2.62. The van der Waals surface area contributed by atoms with Crippen LogP contribution < -0.4 is 4.74 Å². The van der Waals surface area contributed by atoms with Gasteiger partial charge in [-0.05, 0) is 24.3 Å². The second-order valence-corrected chi connectivity index (χ2v) is 4.13. The van der Waals surface area contributed by atoms with Gasteiger partial charge in [0.1, 0.15) is 18.1 Å². The molecule has 0 aliphatic carbocycles. The Kier molecular flexibility index (Phi) is 4.88. The van der Waals surface area contributed by atoms with Crippen molar-refractivity contribution >= 4 is 11.8 Å². The number of carbonyl (C=O) groups is 2. The second-order valence-electron chi connectivity index (χ2n) is 4.13. The molecule has 0 aromatic heterocycles. The number of esters is 1. The zero-order valence-corrected chi connectivity index (χ0v) is 11.3. The summed E-state index contributed by atoms with van der Waals surface area (Å²) in [5.74, 6) is -0.788. The highest BCUT2D eigenvalue weighted by Crippen LogP contribution is 2.25. The molecule has 0 N–H and O–H groups in total. The van der Waals surface area contributed by atoms with Gasteiger partial charge >= 0.3 is 5.97 Å². The van der Waals surface area contributed by atoms with E-state index in [1.165, 1.54) is 12.1 Å². The van der Waals surface area contributed by atoms with Crippen LogP contribution in [0.2, 0.25) is 0 Å². The molecule has 0 saturated heterocycles. The maximum atomic E-state index is 12.1. The molecule has 4 heteroatoms. The number of benzene rings is 2. The molecule has 0 aliphatic rings. The molecule has 0 atom stereocenters. The number of ketones is 1. The van der Waals surface area contributed by atoms with Gasteiger partial charge in [-0.1, -0.05) is 43.0 Å². The molecule has 106 valence electrons. The third kappa shape index (κ3) is 3.79. The average Bonchev–Trinajstić information content (AvgIpc) is 2.53. The van der Waals surface area contributed by atoms with Gasteiger partial charge < -0.3 is 9.47 Å². The Balaban J connectivity index is 2.22. The van der Waals surface area contributed by atoms with Gasteiger partial charge in [-0.25, -0.2) is 4.79 Å². The van der Waals surface area contributed by atoms with Crippen LogP contribution in [-0.2, 0) is 9.53 Å². The minimum atomic E-state index is -0.931. The molecule has 0 bridgehead atoms. The Morgan fingerprint density at radius 1 is 1.00 bits per heavy atom. The van der Waals surface area contributed by atoms with E-state index in [0.717, 1.165) is 0 Å². The van der Waals surface area contributed by atoms with E-state index in [-0.39, 0.29) is 12.2 Å². The zero-order chi connectivity index (χ0) is 15.1. The van der Waals surface area contributed by atoms with Gasteiger partial charge in [0.25, 0.3) is 5.78 Å². The van der Waals surface area contributed by atoms with Crippen molar-refractivity contribution in [2.75, 3.05) is 6.61 Å². The molecule has 0 fully saturated rings. The Labute approximate surface area is 122 Å². The molecule has 0 heterocycles. The molecular formula is C17H14O4. The van der Waals surface area contributed by atoms with Crippen molar-refractivity contribution in [2.45, 2.75) is 0 Å². The number of hydrogen-bond acceptors (Lipinski definition) is 4. The quantitative estimate of drug-likeness (QED) is 0.353. The van der Waals surface area contributed by atoms with Crippen molar-refractivity contribution in [3.05, 3.63) is 72.8 Å². The highest BCUT2D eigenvalue weighted by Gasteiger charge is 2.21. The van der Waals surface area contributed by atoms with Crippen LogP contribution in [0.25, 0.3) is 0 Å². The molecular weight excluding hydrogens is 268 g/mol. The molecule has 2 aromatic rings. The van der Waals surface area contributed by atoms with Gasteiger partial charge in [0, 0.05) is 0 Å². The number of Topliss-reactive ketones (excluding diaryl/α,β-unsaturated/α-hetero) is 1. The summed E-state index contributed by atoms with van der Waals surface area (Å²) >= 11 is 0. The lowest BCUT2D eigenvalue weighted by Gasteiger charge is -2.09. The van der Waals surface area contributed by atoms with Crippen LogP contribution in [0.5, 0.6) is 11.5 Å². The van der Waals surface area contributed by atoms with Gasteiger partial charge in [-0.3, -0.25) is 4.79 Å². The Morgan fingerprint density at radius 2 is 1.67 bits per heavy atom. The van der Waals surface area contributed by atoms with Gasteiger partial charge in [0.15, 0.2) is 0 Å². The number of carbonyl (C=O) groups excluding carboxylic acids is 2. The molecule has 4 nitrogen and oxygen atoms in total. The number of ether oxygens (including phenoxy) is 2. The van der Waals surface area contributed by atoms with Crippen molar-refractivity contribution in [1.82, 2.24) is 0 Å². The van der Waals surface area contributed by atoms with E-state index >= 15 is 0 Å². The molecule has 0 unspecified atom stereocenters. The van der Waals surface area contributed by atoms with E-state index in [4.69, 9.17) is 9.47 Å². The minimum absolute atomic E-state index is 0.00766. The fraction of sp³-hybridized carbons (Fsp3) is 0.0588. The van der Waals surface area contributed by atoms with E-state index in [9.17, 15) is 9.59 Å². The first-order valence-corrected chi connectivity index (χ1v) is 6.36. The summed E-state index contributed by atoms with van der Waals surface area (Å²) in [6.45, 7) is 3.42. The normalized spacial score (nSPS) is 9.71. The topological polar surface area (TPSA) is 52.6 Å². The highest BCUT2D eigenvalue weighted by molar-refractivity contribution is 6.41. The van der Waals surface area contributed by atoms with E-state index in [0.29, 0.717) is 11.5 Å². The van der Waals surface area contributed by atoms with Crippen molar-refractivity contribution in [1.29, 1.82) is 0 Å². The lowest BCUT2D eigenvalue weighted by Crippen LogP contribution is -2.18. The fourth-order valence-electron chi connectivity index (χ4n) is 1.67. The molecule has 0 amide bonds.